The molecule has 0 aromatic carbocycles. The van der Waals surface area contributed by atoms with E-state index in [1.54, 1.807) is 10.9 Å². The largest absolute Gasteiger partial charge is 0.255 e. The monoisotopic (exact) mass is 227 g/mol. The molecule has 0 saturated heterocycles. The van der Waals surface area contributed by atoms with Crippen molar-refractivity contribution in [2.24, 2.45) is 5.92 Å². The van der Waals surface area contributed by atoms with Crippen molar-refractivity contribution in [1.29, 1.82) is 0 Å². The first-order valence-electron chi connectivity index (χ1n) is 5.88. The van der Waals surface area contributed by atoms with Gasteiger partial charge in [-0.3, -0.25) is 4.98 Å². The normalized spacial score (nSPS) is 11.5. The van der Waals surface area contributed by atoms with Crippen molar-refractivity contribution in [2.75, 3.05) is 0 Å². The molecule has 17 heavy (non-hydrogen) atoms. The summed E-state index contributed by atoms with van der Waals surface area (Å²) >= 11 is 0. The first kappa shape index (κ1) is 11.6. The van der Waals surface area contributed by atoms with Crippen LogP contribution < -0.4 is 0 Å². The van der Waals surface area contributed by atoms with Crippen LogP contribution in [0.2, 0.25) is 0 Å². The van der Waals surface area contributed by atoms with Gasteiger partial charge < -0.3 is 0 Å². The van der Waals surface area contributed by atoms with Crippen LogP contribution in [0, 0.1) is 5.92 Å². The van der Waals surface area contributed by atoms with Crippen molar-refractivity contribution in [2.45, 2.75) is 20.3 Å². The molecule has 0 aliphatic rings. The van der Waals surface area contributed by atoms with Gasteiger partial charge in [0.2, 0.25) is 0 Å². The van der Waals surface area contributed by atoms with Crippen LogP contribution in [0.15, 0.2) is 42.9 Å². The summed E-state index contributed by atoms with van der Waals surface area (Å²) in [6, 6.07) is 5.93. The van der Waals surface area contributed by atoms with E-state index in [0.29, 0.717) is 5.92 Å². The molecule has 3 heteroatoms. The van der Waals surface area contributed by atoms with Gasteiger partial charge in [-0.2, -0.15) is 5.10 Å². The van der Waals surface area contributed by atoms with Crippen molar-refractivity contribution in [3.63, 3.8) is 0 Å². The molecule has 0 atom stereocenters. The predicted molar refractivity (Wildman–Crippen MR) is 69.8 cm³/mol. The van der Waals surface area contributed by atoms with Crippen LogP contribution in [-0.2, 0) is 0 Å². The molecule has 0 aliphatic carbocycles. The molecule has 88 valence electrons. The highest BCUT2D eigenvalue weighted by Gasteiger charge is 1.96. The summed E-state index contributed by atoms with van der Waals surface area (Å²) in [6.45, 7) is 4.41. The molecule has 0 unspecified atom stereocenters. The average Bonchev–Trinajstić information content (AvgIpc) is 2.83. The van der Waals surface area contributed by atoms with Crippen molar-refractivity contribution in [3.8, 4) is 5.69 Å². The average molecular weight is 227 g/mol. The van der Waals surface area contributed by atoms with E-state index in [4.69, 9.17) is 0 Å². The second-order valence-corrected chi connectivity index (χ2v) is 4.42. The van der Waals surface area contributed by atoms with E-state index in [2.05, 4.69) is 36.1 Å². The maximum atomic E-state index is 4.38. The Hall–Kier alpha value is -1.90. The number of hydrogen-bond donors (Lipinski definition) is 0. The van der Waals surface area contributed by atoms with E-state index < -0.39 is 0 Å². The lowest BCUT2D eigenvalue weighted by Crippen LogP contribution is -1.95. The second kappa shape index (κ2) is 5.43. The lowest BCUT2D eigenvalue weighted by Gasteiger charge is -2.01. The molecule has 0 amide bonds. The zero-order valence-electron chi connectivity index (χ0n) is 10.2. The third kappa shape index (κ3) is 3.28. The SMILES string of the molecule is CC(C)C/C=C/c1ccc(-n2cccn2)cn1. The van der Waals surface area contributed by atoms with Gasteiger partial charge >= 0.3 is 0 Å². The third-order valence-corrected chi connectivity index (χ3v) is 2.44. The Kier molecular flexibility index (Phi) is 3.70. The standard InChI is InChI=1S/C14H17N3/c1-12(2)5-3-6-13-7-8-14(11-15-13)17-10-4-9-16-17/h3-4,6-12H,5H2,1-2H3/b6-3+. The maximum Gasteiger partial charge on any atom is 0.0829 e. The van der Waals surface area contributed by atoms with Gasteiger partial charge in [-0.1, -0.05) is 19.9 Å². The van der Waals surface area contributed by atoms with Crippen molar-refractivity contribution < 1.29 is 0 Å². The Bertz CT molecular complexity index is 467. The molecule has 2 aromatic rings. The van der Waals surface area contributed by atoms with Crippen LogP contribution in [-0.4, -0.2) is 14.8 Å². The van der Waals surface area contributed by atoms with Crippen LogP contribution in [0.5, 0.6) is 0 Å². The minimum atomic E-state index is 0.689. The number of aromatic nitrogens is 3. The van der Waals surface area contributed by atoms with Gasteiger partial charge in [-0.05, 0) is 36.6 Å². The van der Waals surface area contributed by atoms with Crippen molar-refractivity contribution in [1.82, 2.24) is 14.8 Å². The Morgan fingerprint density at radius 2 is 2.24 bits per heavy atom. The molecule has 0 N–H and O–H groups in total. The minimum absolute atomic E-state index is 0.689. The van der Waals surface area contributed by atoms with Gasteiger partial charge in [0.1, 0.15) is 0 Å². The fraction of sp³-hybridized carbons (Fsp3) is 0.286. The molecule has 2 rings (SSSR count). The van der Waals surface area contributed by atoms with Gasteiger partial charge in [0, 0.05) is 12.4 Å². The van der Waals surface area contributed by atoms with E-state index in [1.165, 1.54) is 0 Å². The second-order valence-electron chi connectivity index (χ2n) is 4.42. The molecule has 0 saturated carbocycles. The van der Waals surface area contributed by atoms with Crippen molar-refractivity contribution >= 4 is 6.08 Å². The van der Waals surface area contributed by atoms with E-state index in [1.807, 2.05) is 30.6 Å². The molecule has 0 radical (unpaired) electrons. The minimum Gasteiger partial charge on any atom is -0.255 e. The summed E-state index contributed by atoms with van der Waals surface area (Å²) in [7, 11) is 0. The number of allylic oxidation sites excluding steroid dienone is 1. The van der Waals surface area contributed by atoms with Crippen LogP contribution in [0.1, 0.15) is 26.0 Å². The Labute approximate surface area is 102 Å². The summed E-state index contributed by atoms with van der Waals surface area (Å²) in [6.07, 6.45) is 10.8. The lowest BCUT2D eigenvalue weighted by atomic mass is 10.1. The van der Waals surface area contributed by atoms with E-state index in [0.717, 1.165) is 17.8 Å². The third-order valence-electron chi connectivity index (χ3n) is 2.44. The summed E-state index contributed by atoms with van der Waals surface area (Å²) in [5.41, 5.74) is 1.97. The smallest absolute Gasteiger partial charge is 0.0829 e. The van der Waals surface area contributed by atoms with Crippen LogP contribution in [0.3, 0.4) is 0 Å². The van der Waals surface area contributed by atoms with E-state index >= 15 is 0 Å². The zero-order valence-corrected chi connectivity index (χ0v) is 10.2. The van der Waals surface area contributed by atoms with E-state index in [-0.39, 0.29) is 0 Å². The molecule has 0 fully saturated rings. The first-order valence-corrected chi connectivity index (χ1v) is 5.88. The highest BCUT2D eigenvalue weighted by atomic mass is 15.3. The summed E-state index contributed by atoms with van der Waals surface area (Å²) in [4.78, 5) is 4.38. The molecule has 2 aromatic heterocycles. The molecule has 0 spiro atoms. The van der Waals surface area contributed by atoms with Crippen molar-refractivity contribution in [3.05, 3.63) is 48.6 Å². The quantitative estimate of drug-likeness (QED) is 0.802. The zero-order chi connectivity index (χ0) is 12.1. The Morgan fingerprint density at radius 3 is 2.82 bits per heavy atom. The maximum absolute atomic E-state index is 4.38. The van der Waals surface area contributed by atoms with Crippen LogP contribution in [0.4, 0.5) is 0 Å². The first-order chi connectivity index (χ1) is 8.25. The topological polar surface area (TPSA) is 30.7 Å². The van der Waals surface area contributed by atoms with E-state index in [9.17, 15) is 0 Å². The molecule has 0 aliphatic heterocycles. The summed E-state index contributed by atoms with van der Waals surface area (Å²) in [5.74, 6) is 0.689. The summed E-state index contributed by atoms with van der Waals surface area (Å²) in [5, 5.41) is 4.16. The molecule has 2 heterocycles. The molecule has 0 bridgehead atoms. The fourth-order valence-electron chi connectivity index (χ4n) is 1.51. The fourth-order valence-corrected chi connectivity index (χ4v) is 1.51. The predicted octanol–water partition coefficient (Wildman–Crippen LogP) is 3.33. The highest BCUT2D eigenvalue weighted by Crippen LogP contribution is 2.08. The van der Waals surface area contributed by atoms with Crippen LogP contribution in [0.25, 0.3) is 11.8 Å². The van der Waals surface area contributed by atoms with Gasteiger partial charge in [-0.25, -0.2) is 4.68 Å². The highest BCUT2D eigenvalue weighted by molar-refractivity contribution is 5.46. The molecular weight excluding hydrogens is 210 g/mol. The molecular formula is C14H17N3. The van der Waals surface area contributed by atoms with Gasteiger partial charge in [0.25, 0.3) is 0 Å². The number of rotatable bonds is 4. The van der Waals surface area contributed by atoms with Gasteiger partial charge in [0.15, 0.2) is 0 Å². The Morgan fingerprint density at radius 1 is 1.35 bits per heavy atom. The summed E-state index contributed by atoms with van der Waals surface area (Å²) < 4.78 is 1.80. The van der Waals surface area contributed by atoms with Gasteiger partial charge in [-0.15, -0.1) is 0 Å². The van der Waals surface area contributed by atoms with Gasteiger partial charge in [0.05, 0.1) is 17.6 Å². The molecule has 3 nitrogen and oxygen atoms in total. The number of hydrogen-bond acceptors (Lipinski definition) is 2. The number of nitrogens with zero attached hydrogens (tertiary/aromatic N) is 3. The Balaban J connectivity index is 2.06. The lowest BCUT2D eigenvalue weighted by molar-refractivity contribution is 0.665. The number of pyridine rings is 1. The van der Waals surface area contributed by atoms with Crippen LogP contribution >= 0.6 is 0 Å².